The number of sulfone groups is 1. The van der Waals surface area contributed by atoms with E-state index in [9.17, 15) is 18.6 Å². The largest absolute Gasteiger partial charge is 0.390 e. The molecule has 0 unspecified atom stereocenters. The van der Waals surface area contributed by atoms with Gasteiger partial charge in [-0.3, -0.25) is 0 Å². The molecule has 2 atom stereocenters. The highest BCUT2D eigenvalue weighted by Gasteiger charge is 2.24. The van der Waals surface area contributed by atoms with E-state index in [-0.39, 0.29) is 4.90 Å². The van der Waals surface area contributed by atoms with Crippen LogP contribution in [0.1, 0.15) is 25.3 Å². The minimum Gasteiger partial charge on any atom is -0.390 e. The van der Waals surface area contributed by atoms with Crippen LogP contribution in [0, 0.1) is 6.92 Å². The van der Waals surface area contributed by atoms with Gasteiger partial charge in [-0.2, -0.15) is 0 Å². The van der Waals surface area contributed by atoms with Crippen molar-refractivity contribution in [2.45, 2.75) is 43.8 Å². The Morgan fingerprint density at radius 1 is 1.11 bits per heavy atom. The van der Waals surface area contributed by atoms with E-state index in [1.165, 1.54) is 12.1 Å². The maximum atomic E-state index is 12.0. The van der Waals surface area contributed by atoms with Crippen molar-refractivity contribution in [2.75, 3.05) is 5.75 Å². The maximum Gasteiger partial charge on any atom is 0.181 e. The van der Waals surface area contributed by atoms with Gasteiger partial charge in [-0.05, 0) is 25.5 Å². The Morgan fingerprint density at radius 2 is 1.67 bits per heavy atom. The summed E-state index contributed by atoms with van der Waals surface area (Å²) in [6, 6.07) is 6.46. The molecule has 0 bridgehead atoms. The van der Waals surface area contributed by atoms with Gasteiger partial charge in [0, 0.05) is 0 Å². The third-order valence-corrected chi connectivity index (χ3v) is 4.57. The Hall–Kier alpha value is -0.910. The molecule has 0 spiro atoms. The van der Waals surface area contributed by atoms with Crippen LogP contribution in [0.4, 0.5) is 0 Å². The first-order valence-corrected chi connectivity index (χ1v) is 7.67. The van der Waals surface area contributed by atoms with Crippen molar-refractivity contribution in [3.8, 4) is 0 Å². The Balaban J connectivity index is 2.79. The van der Waals surface area contributed by atoms with Crippen molar-refractivity contribution >= 4 is 9.84 Å². The quantitative estimate of drug-likeness (QED) is 0.818. The fourth-order valence-electron chi connectivity index (χ4n) is 1.67. The summed E-state index contributed by atoms with van der Waals surface area (Å²) >= 11 is 0. The first kappa shape index (κ1) is 15.1. The highest BCUT2D eigenvalue weighted by atomic mass is 32.2. The van der Waals surface area contributed by atoms with Gasteiger partial charge in [-0.15, -0.1) is 0 Å². The summed E-state index contributed by atoms with van der Waals surface area (Å²) in [6.07, 6.45) is -1.14. The molecule has 0 aliphatic heterocycles. The molecule has 1 aromatic carbocycles. The molecule has 18 heavy (non-hydrogen) atoms. The topological polar surface area (TPSA) is 74.6 Å². The van der Waals surface area contributed by atoms with E-state index in [0.29, 0.717) is 12.8 Å². The molecule has 0 radical (unpaired) electrons. The molecule has 1 rings (SSSR count). The van der Waals surface area contributed by atoms with Crippen LogP contribution in [0.3, 0.4) is 0 Å². The third-order valence-electron chi connectivity index (χ3n) is 2.80. The summed E-state index contributed by atoms with van der Waals surface area (Å²) in [5, 5.41) is 19.2. The second-order valence-electron chi connectivity index (χ2n) is 4.52. The predicted octanol–water partition coefficient (Wildman–Crippen LogP) is 1.29. The lowest BCUT2D eigenvalue weighted by Gasteiger charge is -2.17. The van der Waals surface area contributed by atoms with Crippen LogP contribution in [0.5, 0.6) is 0 Å². The van der Waals surface area contributed by atoms with Gasteiger partial charge in [0.15, 0.2) is 9.84 Å². The van der Waals surface area contributed by atoms with E-state index in [2.05, 4.69) is 0 Å². The monoisotopic (exact) mass is 272 g/mol. The normalized spacial score (nSPS) is 15.3. The summed E-state index contributed by atoms with van der Waals surface area (Å²) in [7, 11) is -3.55. The van der Waals surface area contributed by atoms with Gasteiger partial charge in [0.05, 0.1) is 22.9 Å². The highest BCUT2D eigenvalue weighted by molar-refractivity contribution is 7.91. The Morgan fingerprint density at radius 3 is 2.17 bits per heavy atom. The van der Waals surface area contributed by atoms with Crippen molar-refractivity contribution < 1.29 is 18.6 Å². The van der Waals surface area contributed by atoms with Crippen molar-refractivity contribution in [3.63, 3.8) is 0 Å². The lowest BCUT2D eigenvalue weighted by Crippen LogP contribution is -2.32. The molecule has 0 saturated heterocycles. The number of benzene rings is 1. The number of aliphatic hydroxyl groups excluding tert-OH is 2. The molecule has 2 N–H and O–H groups in total. The Kier molecular flexibility index (Phi) is 5.31. The summed E-state index contributed by atoms with van der Waals surface area (Å²) in [5.74, 6) is -0.447. The minimum absolute atomic E-state index is 0.177. The molecule has 0 fully saturated rings. The molecule has 5 heteroatoms. The lowest BCUT2D eigenvalue weighted by molar-refractivity contribution is 0.0277. The van der Waals surface area contributed by atoms with Crippen LogP contribution in [-0.2, 0) is 9.84 Å². The van der Waals surface area contributed by atoms with Crippen LogP contribution < -0.4 is 0 Å². The van der Waals surface area contributed by atoms with Crippen LogP contribution >= 0.6 is 0 Å². The SMILES string of the molecule is CCC[C@H](O)[C@@H](O)CS(=O)(=O)c1ccc(C)cc1. The van der Waals surface area contributed by atoms with Gasteiger partial charge in [0.25, 0.3) is 0 Å². The maximum absolute atomic E-state index is 12.0. The minimum atomic E-state index is -3.55. The standard InChI is InChI=1S/C13H20O4S/c1-3-4-12(14)13(15)9-18(16,17)11-7-5-10(2)6-8-11/h5-8,12-15H,3-4,9H2,1-2H3/t12-,13-/m0/s1. The Labute approximate surface area is 108 Å². The first-order chi connectivity index (χ1) is 8.36. The van der Waals surface area contributed by atoms with Gasteiger partial charge >= 0.3 is 0 Å². The third kappa shape index (κ3) is 4.08. The van der Waals surface area contributed by atoms with Crippen molar-refractivity contribution in [3.05, 3.63) is 29.8 Å². The van der Waals surface area contributed by atoms with E-state index >= 15 is 0 Å². The van der Waals surface area contributed by atoms with Gasteiger partial charge in [-0.1, -0.05) is 31.0 Å². The van der Waals surface area contributed by atoms with Crippen molar-refractivity contribution in [1.29, 1.82) is 0 Å². The Bertz CT molecular complexity index is 464. The molecule has 102 valence electrons. The number of hydrogen-bond donors (Lipinski definition) is 2. The zero-order valence-electron chi connectivity index (χ0n) is 10.7. The smallest absolute Gasteiger partial charge is 0.181 e. The molecule has 0 heterocycles. The van der Waals surface area contributed by atoms with Gasteiger partial charge in [0.2, 0.25) is 0 Å². The van der Waals surface area contributed by atoms with Crippen LogP contribution in [0.15, 0.2) is 29.2 Å². The molecule has 1 aromatic rings. The van der Waals surface area contributed by atoms with Crippen LogP contribution in [0.25, 0.3) is 0 Å². The molecule has 0 aliphatic rings. The fourth-order valence-corrected chi connectivity index (χ4v) is 3.08. The lowest BCUT2D eigenvalue weighted by atomic mass is 10.1. The molecule has 4 nitrogen and oxygen atoms in total. The number of hydrogen-bond acceptors (Lipinski definition) is 4. The van der Waals surface area contributed by atoms with E-state index in [0.717, 1.165) is 5.56 Å². The van der Waals surface area contributed by atoms with Crippen molar-refractivity contribution in [2.24, 2.45) is 0 Å². The highest BCUT2D eigenvalue weighted by Crippen LogP contribution is 2.15. The van der Waals surface area contributed by atoms with E-state index < -0.39 is 27.8 Å². The van der Waals surface area contributed by atoms with E-state index in [4.69, 9.17) is 0 Å². The van der Waals surface area contributed by atoms with Crippen LogP contribution in [-0.4, -0.2) is 36.6 Å². The first-order valence-electron chi connectivity index (χ1n) is 6.02. The molecular weight excluding hydrogens is 252 g/mol. The molecule has 0 saturated carbocycles. The summed E-state index contributed by atoms with van der Waals surface area (Å²) in [4.78, 5) is 0.177. The molecular formula is C13H20O4S. The fraction of sp³-hybridized carbons (Fsp3) is 0.538. The summed E-state index contributed by atoms with van der Waals surface area (Å²) in [6.45, 7) is 3.74. The molecule has 0 aliphatic carbocycles. The average Bonchev–Trinajstić information content (AvgIpc) is 2.29. The predicted molar refractivity (Wildman–Crippen MR) is 70.2 cm³/mol. The summed E-state index contributed by atoms with van der Waals surface area (Å²) in [5.41, 5.74) is 0.973. The number of aryl methyl sites for hydroxylation is 1. The zero-order valence-corrected chi connectivity index (χ0v) is 11.5. The second-order valence-corrected chi connectivity index (χ2v) is 6.55. The second kappa shape index (κ2) is 6.31. The van der Waals surface area contributed by atoms with Crippen molar-refractivity contribution in [1.82, 2.24) is 0 Å². The zero-order chi connectivity index (χ0) is 13.8. The van der Waals surface area contributed by atoms with Gasteiger partial charge in [0.1, 0.15) is 0 Å². The molecule has 0 amide bonds. The van der Waals surface area contributed by atoms with Gasteiger partial charge < -0.3 is 10.2 Å². The average molecular weight is 272 g/mol. The number of aliphatic hydroxyl groups is 2. The van der Waals surface area contributed by atoms with E-state index in [1.807, 2.05) is 13.8 Å². The van der Waals surface area contributed by atoms with Crippen LogP contribution in [0.2, 0.25) is 0 Å². The molecule has 0 aromatic heterocycles. The summed E-state index contributed by atoms with van der Waals surface area (Å²) < 4.78 is 24.0. The van der Waals surface area contributed by atoms with Gasteiger partial charge in [-0.25, -0.2) is 8.42 Å². The van der Waals surface area contributed by atoms with E-state index in [1.54, 1.807) is 12.1 Å². The number of rotatable bonds is 6.